The number of aromatic nitrogens is 2. The van der Waals surface area contributed by atoms with Crippen molar-refractivity contribution >= 4 is 28.4 Å². The summed E-state index contributed by atoms with van der Waals surface area (Å²) in [6.45, 7) is 3.52. The quantitative estimate of drug-likeness (QED) is 0.822. The van der Waals surface area contributed by atoms with E-state index in [9.17, 15) is 0 Å². The van der Waals surface area contributed by atoms with E-state index in [4.69, 9.17) is 4.74 Å². The van der Waals surface area contributed by atoms with E-state index in [0.29, 0.717) is 6.61 Å². The molecule has 0 atom stereocenters. The van der Waals surface area contributed by atoms with E-state index in [0.717, 1.165) is 32.9 Å². The summed E-state index contributed by atoms with van der Waals surface area (Å²) < 4.78 is 6.13. The largest absolute Gasteiger partial charge is 0.380 e. The van der Waals surface area contributed by atoms with Crippen LogP contribution < -0.4 is 5.32 Å². The zero-order valence-corrected chi connectivity index (χ0v) is 13.1. The molecular weight excluding hydrogens is 353 g/mol. The van der Waals surface area contributed by atoms with Gasteiger partial charge in [-0.25, -0.2) is 9.97 Å². The van der Waals surface area contributed by atoms with E-state index in [2.05, 4.69) is 44.8 Å². The lowest BCUT2D eigenvalue weighted by atomic mass is 10.1. The number of halogens is 1. The van der Waals surface area contributed by atoms with Gasteiger partial charge in [-0.3, -0.25) is 0 Å². The monoisotopic (exact) mass is 369 g/mol. The van der Waals surface area contributed by atoms with Crippen molar-refractivity contribution in [2.45, 2.75) is 13.5 Å². The van der Waals surface area contributed by atoms with Gasteiger partial charge in [-0.15, -0.1) is 0 Å². The van der Waals surface area contributed by atoms with Gasteiger partial charge in [-0.05, 0) is 35.1 Å². The van der Waals surface area contributed by atoms with E-state index in [1.807, 2.05) is 30.5 Å². The Hall–Kier alpha value is -1.21. The molecule has 0 saturated carbocycles. The van der Waals surface area contributed by atoms with Crippen LogP contribution in [0.25, 0.3) is 11.4 Å². The van der Waals surface area contributed by atoms with Crippen LogP contribution in [0.15, 0.2) is 30.5 Å². The summed E-state index contributed by atoms with van der Waals surface area (Å²) in [5.41, 5.74) is 2.15. The van der Waals surface area contributed by atoms with Crippen LogP contribution in [-0.4, -0.2) is 23.6 Å². The Labute approximate surface area is 126 Å². The van der Waals surface area contributed by atoms with Gasteiger partial charge < -0.3 is 10.1 Å². The molecule has 0 aliphatic carbocycles. The zero-order chi connectivity index (χ0) is 13.7. The number of hydrogen-bond acceptors (Lipinski definition) is 4. The van der Waals surface area contributed by atoms with Crippen LogP contribution in [0.3, 0.4) is 0 Å². The molecule has 1 heterocycles. The van der Waals surface area contributed by atoms with Crippen LogP contribution in [0, 0.1) is 3.57 Å². The number of anilines is 1. The maximum Gasteiger partial charge on any atom is 0.161 e. The molecule has 1 aromatic heterocycles. The Morgan fingerprint density at radius 3 is 2.63 bits per heavy atom. The van der Waals surface area contributed by atoms with Crippen LogP contribution in [0.5, 0.6) is 0 Å². The molecule has 0 radical (unpaired) electrons. The number of rotatable bonds is 5. The van der Waals surface area contributed by atoms with Gasteiger partial charge in [0.15, 0.2) is 5.82 Å². The minimum absolute atomic E-state index is 0.621. The Morgan fingerprint density at radius 1 is 1.26 bits per heavy atom. The molecule has 2 aromatic rings. The Kier molecular flexibility index (Phi) is 5.09. The van der Waals surface area contributed by atoms with Gasteiger partial charge in [0.05, 0.1) is 10.2 Å². The van der Waals surface area contributed by atoms with E-state index in [1.54, 1.807) is 7.11 Å². The first-order valence-electron chi connectivity index (χ1n) is 6.09. The van der Waals surface area contributed by atoms with Gasteiger partial charge in [0.1, 0.15) is 5.82 Å². The minimum atomic E-state index is 0.621. The van der Waals surface area contributed by atoms with E-state index in [-0.39, 0.29) is 0 Å². The van der Waals surface area contributed by atoms with Gasteiger partial charge in [0.25, 0.3) is 0 Å². The zero-order valence-electron chi connectivity index (χ0n) is 11.0. The van der Waals surface area contributed by atoms with Crippen LogP contribution in [-0.2, 0) is 11.3 Å². The summed E-state index contributed by atoms with van der Waals surface area (Å²) in [7, 11) is 1.69. The first-order valence-corrected chi connectivity index (χ1v) is 7.17. The summed E-state index contributed by atoms with van der Waals surface area (Å²) in [4.78, 5) is 8.92. The summed E-state index contributed by atoms with van der Waals surface area (Å²) in [5.74, 6) is 1.62. The fraction of sp³-hybridized carbons (Fsp3) is 0.286. The topological polar surface area (TPSA) is 47.0 Å². The standard InChI is InChI=1S/C14H16IN3O/c1-3-16-14-12(15)8-17-13(18-14)11-6-4-10(5-7-11)9-19-2/h4-8H,3,9H2,1-2H3,(H,16,17,18). The average molecular weight is 369 g/mol. The summed E-state index contributed by atoms with van der Waals surface area (Å²) >= 11 is 2.23. The Morgan fingerprint density at radius 2 is 2.00 bits per heavy atom. The maximum atomic E-state index is 5.10. The first-order chi connectivity index (χ1) is 9.24. The minimum Gasteiger partial charge on any atom is -0.380 e. The van der Waals surface area contributed by atoms with Crippen molar-refractivity contribution < 1.29 is 4.74 Å². The lowest BCUT2D eigenvalue weighted by molar-refractivity contribution is 0.185. The van der Waals surface area contributed by atoms with Crippen LogP contribution in [0.2, 0.25) is 0 Å². The summed E-state index contributed by atoms with van der Waals surface area (Å²) in [6, 6.07) is 8.11. The Balaban J connectivity index is 2.28. The molecule has 1 N–H and O–H groups in total. The Bertz CT molecular complexity index is 543. The highest BCUT2D eigenvalue weighted by molar-refractivity contribution is 14.1. The molecule has 100 valence electrons. The number of methoxy groups -OCH3 is 1. The molecule has 0 bridgehead atoms. The molecule has 0 spiro atoms. The second-order valence-electron chi connectivity index (χ2n) is 4.05. The van der Waals surface area contributed by atoms with Gasteiger partial charge in [-0.1, -0.05) is 24.3 Å². The highest BCUT2D eigenvalue weighted by atomic mass is 127. The van der Waals surface area contributed by atoms with Gasteiger partial charge >= 0.3 is 0 Å². The SMILES string of the molecule is CCNc1nc(-c2ccc(COC)cc2)ncc1I. The van der Waals surface area contributed by atoms with Crippen LogP contribution >= 0.6 is 22.6 Å². The van der Waals surface area contributed by atoms with E-state index in [1.165, 1.54) is 0 Å². The molecule has 4 nitrogen and oxygen atoms in total. The van der Waals surface area contributed by atoms with Crippen molar-refractivity contribution in [3.05, 3.63) is 39.6 Å². The number of benzene rings is 1. The van der Waals surface area contributed by atoms with Crippen LogP contribution in [0.1, 0.15) is 12.5 Å². The number of nitrogens with zero attached hydrogens (tertiary/aromatic N) is 2. The molecule has 1 aromatic carbocycles. The maximum absolute atomic E-state index is 5.10. The number of ether oxygens (including phenoxy) is 1. The second kappa shape index (κ2) is 6.81. The molecule has 0 amide bonds. The highest BCUT2D eigenvalue weighted by Gasteiger charge is 2.06. The third kappa shape index (κ3) is 3.63. The van der Waals surface area contributed by atoms with Crippen molar-refractivity contribution in [1.29, 1.82) is 0 Å². The first kappa shape index (κ1) is 14.2. The molecule has 5 heteroatoms. The molecule has 0 aliphatic rings. The fourth-order valence-corrected chi connectivity index (χ4v) is 2.16. The third-order valence-electron chi connectivity index (χ3n) is 2.61. The van der Waals surface area contributed by atoms with E-state index >= 15 is 0 Å². The van der Waals surface area contributed by atoms with Crippen LogP contribution in [0.4, 0.5) is 5.82 Å². The molecule has 0 saturated heterocycles. The normalized spacial score (nSPS) is 10.5. The number of hydrogen-bond donors (Lipinski definition) is 1. The second-order valence-corrected chi connectivity index (χ2v) is 5.21. The van der Waals surface area contributed by atoms with Crippen molar-refractivity contribution in [2.24, 2.45) is 0 Å². The molecule has 0 unspecified atom stereocenters. The van der Waals surface area contributed by atoms with Gasteiger partial charge in [-0.2, -0.15) is 0 Å². The summed E-state index contributed by atoms with van der Waals surface area (Å²) in [5, 5.41) is 3.24. The molecule has 0 fully saturated rings. The van der Waals surface area contributed by atoms with Gasteiger partial charge in [0, 0.05) is 25.4 Å². The third-order valence-corrected chi connectivity index (χ3v) is 3.40. The smallest absolute Gasteiger partial charge is 0.161 e. The fourth-order valence-electron chi connectivity index (χ4n) is 1.71. The molecular formula is C14H16IN3O. The van der Waals surface area contributed by atoms with Gasteiger partial charge in [0.2, 0.25) is 0 Å². The van der Waals surface area contributed by atoms with Crippen molar-refractivity contribution in [3.63, 3.8) is 0 Å². The number of nitrogens with one attached hydrogen (secondary N) is 1. The predicted molar refractivity (Wildman–Crippen MR) is 85.1 cm³/mol. The lowest BCUT2D eigenvalue weighted by Crippen LogP contribution is -2.03. The average Bonchev–Trinajstić information content (AvgIpc) is 2.43. The molecule has 0 aliphatic heterocycles. The lowest BCUT2D eigenvalue weighted by Gasteiger charge is -2.07. The predicted octanol–water partition coefficient (Wildman–Crippen LogP) is 3.33. The van der Waals surface area contributed by atoms with Crippen molar-refractivity contribution in [2.75, 3.05) is 19.0 Å². The van der Waals surface area contributed by atoms with Crippen molar-refractivity contribution in [3.8, 4) is 11.4 Å². The molecule has 19 heavy (non-hydrogen) atoms. The van der Waals surface area contributed by atoms with E-state index < -0.39 is 0 Å². The highest BCUT2D eigenvalue weighted by Crippen LogP contribution is 2.21. The summed E-state index contributed by atoms with van der Waals surface area (Å²) in [6.07, 6.45) is 1.84. The molecule has 2 rings (SSSR count). The van der Waals surface area contributed by atoms with Crippen molar-refractivity contribution in [1.82, 2.24) is 9.97 Å².